The molecule has 1 aromatic heterocycles. The van der Waals surface area contributed by atoms with Crippen LogP contribution in [0.25, 0.3) is 0 Å². The van der Waals surface area contributed by atoms with Crippen molar-refractivity contribution in [2.45, 2.75) is 6.92 Å². The average molecular weight is 411 g/mol. The largest absolute Gasteiger partial charge is 0.504 e. The van der Waals surface area contributed by atoms with Gasteiger partial charge >= 0.3 is 5.97 Å². The lowest BCUT2D eigenvalue weighted by molar-refractivity contribution is 0.0729. The minimum atomic E-state index is -0.548. The Bertz CT molecular complexity index is 955. The topological polar surface area (TPSA) is 71.8 Å². The molecular weight excluding hydrogens is 396 g/mol. The number of aromatic hydroxyl groups is 1. The lowest BCUT2D eigenvalue weighted by Crippen LogP contribution is -2.09. The summed E-state index contributed by atoms with van der Waals surface area (Å²) >= 11 is 3.35. The Labute approximate surface area is 159 Å². The zero-order valence-electron chi connectivity index (χ0n) is 13.9. The first-order valence-electron chi connectivity index (χ1n) is 7.78. The number of benzene rings is 2. The fourth-order valence-corrected chi connectivity index (χ4v) is 2.65. The number of aliphatic imine (C=N–C) groups is 1. The Morgan fingerprint density at radius 3 is 2.69 bits per heavy atom. The van der Waals surface area contributed by atoms with Gasteiger partial charge < -0.3 is 9.84 Å². The molecule has 1 N–H and O–H groups in total. The maximum Gasteiger partial charge on any atom is 0.343 e. The summed E-state index contributed by atoms with van der Waals surface area (Å²) in [5.74, 6) is -0.660. The standard InChI is InChI=1S/C20H15BrN2O3/c1-13-4-6-14(7-5-13)20(25)26-18-10-16(21)9-15(19(18)24)11-23-17-3-2-8-22-12-17/h2-12,24H,1H3. The molecule has 0 spiro atoms. The van der Waals surface area contributed by atoms with Crippen molar-refractivity contribution in [3.63, 3.8) is 0 Å². The lowest BCUT2D eigenvalue weighted by Gasteiger charge is -2.09. The van der Waals surface area contributed by atoms with E-state index in [0.717, 1.165) is 5.56 Å². The summed E-state index contributed by atoms with van der Waals surface area (Å²) in [5.41, 5.74) is 2.50. The van der Waals surface area contributed by atoms with E-state index in [4.69, 9.17) is 4.74 Å². The fourth-order valence-electron chi connectivity index (χ4n) is 2.19. The van der Waals surface area contributed by atoms with Crippen molar-refractivity contribution in [3.8, 4) is 11.5 Å². The summed E-state index contributed by atoms with van der Waals surface area (Å²) in [6.07, 6.45) is 4.74. The highest BCUT2D eigenvalue weighted by molar-refractivity contribution is 9.10. The molecule has 6 heteroatoms. The average Bonchev–Trinajstić information content (AvgIpc) is 2.64. The molecule has 3 rings (SSSR count). The quantitative estimate of drug-likeness (QED) is 0.379. The number of nitrogens with zero attached hydrogens (tertiary/aromatic N) is 2. The Morgan fingerprint density at radius 2 is 2.00 bits per heavy atom. The van der Waals surface area contributed by atoms with Gasteiger partial charge in [-0.25, -0.2) is 4.79 Å². The molecule has 0 bridgehead atoms. The van der Waals surface area contributed by atoms with Crippen molar-refractivity contribution in [1.29, 1.82) is 0 Å². The van der Waals surface area contributed by atoms with Gasteiger partial charge in [-0.05, 0) is 43.3 Å². The number of carbonyl (C=O) groups is 1. The molecule has 0 unspecified atom stereocenters. The number of hydrogen-bond donors (Lipinski definition) is 1. The van der Waals surface area contributed by atoms with Crippen LogP contribution in [0.4, 0.5) is 5.69 Å². The van der Waals surface area contributed by atoms with Crippen LogP contribution in [0.15, 0.2) is 70.4 Å². The first-order valence-corrected chi connectivity index (χ1v) is 8.57. The van der Waals surface area contributed by atoms with E-state index in [1.165, 1.54) is 12.3 Å². The number of phenolic OH excluding ortho intramolecular Hbond substituents is 1. The van der Waals surface area contributed by atoms with E-state index in [0.29, 0.717) is 21.3 Å². The second kappa shape index (κ2) is 7.93. The summed E-state index contributed by atoms with van der Waals surface area (Å²) in [7, 11) is 0. The molecule has 0 saturated carbocycles. The van der Waals surface area contributed by atoms with Crippen molar-refractivity contribution in [1.82, 2.24) is 4.98 Å². The molecule has 0 amide bonds. The number of esters is 1. The first-order chi connectivity index (χ1) is 12.5. The van der Waals surface area contributed by atoms with E-state index in [9.17, 15) is 9.90 Å². The number of halogens is 1. The number of aryl methyl sites for hydroxylation is 1. The monoisotopic (exact) mass is 410 g/mol. The van der Waals surface area contributed by atoms with Gasteiger partial charge in [0.1, 0.15) is 0 Å². The predicted octanol–water partition coefficient (Wildman–Crippen LogP) is 4.83. The summed E-state index contributed by atoms with van der Waals surface area (Å²) in [4.78, 5) is 20.5. The van der Waals surface area contributed by atoms with E-state index < -0.39 is 5.97 Å². The number of hydrogen-bond acceptors (Lipinski definition) is 5. The third kappa shape index (κ3) is 4.34. The van der Waals surface area contributed by atoms with Gasteiger partial charge in [-0.15, -0.1) is 0 Å². The second-order valence-electron chi connectivity index (χ2n) is 5.57. The molecule has 5 nitrogen and oxygen atoms in total. The number of rotatable bonds is 4. The van der Waals surface area contributed by atoms with Gasteiger partial charge in [0.2, 0.25) is 0 Å². The van der Waals surface area contributed by atoms with E-state index in [1.54, 1.807) is 42.7 Å². The first kappa shape index (κ1) is 17.8. The minimum absolute atomic E-state index is 0.0533. The maximum absolute atomic E-state index is 12.3. The number of phenols is 1. The van der Waals surface area contributed by atoms with Crippen LogP contribution in [0.1, 0.15) is 21.5 Å². The highest BCUT2D eigenvalue weighted by Gasteiger charge is 2.15. The molecule has 2 aromatic carbocycles. The van der Waals surface area contributed by atoms with Crippen molar-refractivity contribution >= 4 is 33.8 Å². The Morgan fingerprint density at radius 1 is 1.23 bits per heavy atom. The molecular formula is C20H15BrN2O3. The van der Waals surface area contributed by atoms with Crippen LogP contribution >= 0.6 is 15.9 Å². The second-order valence-corrected chi connectivity index (χ2v) is 6.48. The molecule has 130 valence electrons. The number of ether oxygens (including phenoxy) is 1. The molecule has 3 aromatic rings. The molecule has 0 fully saturated rings. The summed E-state index contributed by atoms with van der Waals surface area (Å²) in [6, 6.07) is 13.8. The van der Waals surface area contributed by atoms with Gasteiger partial charge in [-0.2, -0.15) is 0 Å². The highest BCUT2D eigenvalue weighted by atomic mass is 79.9. The van der Waals surface area contributed by atoms with Gasteiger partial charge in [0.25, 0.3) is 0 Å². The Balaban J connectivity index is 1.86. The zero-order chi connectivity index (χ0) is 18.5. The van der Waals surface area contributed by atoms with Gasteiger partial charge in [-0.3, -0.25) is 9.98 Å². The van der Waals surface area contributed by atoms with Crippen molar-refractivity contribution < 1.29 is 14.6 Å². The van der Waals surface area contributed by atoms with Crippen LogP contribution in [0.5, 0.6) is 11.5 Å². The van der Waals surface area contributed by atoms with Crippen LogP contribution in [0, 0.1) is 6.92 Å². The van der Waals surface area contributed by atoms with Gasteiger partial charge in [0.05, 0.1) is 17.4 Å². The molecule has 1 heterocycles. The molecule has 0 aliphatic carbocycles. The van der Waals surface area contributed by atoms with Crippen LogP contribution in [-0.4, -0.2) is 22.3 Å². The molecule has 0 aliphatic heterocycles. The van der Waals surface area contributed by atoms with Crippen molar-refractivity contribution in [3.05, 3.63) is 82.1 Å². The van der Waals surface area contributed by atoms with E-state index in [2.05, 4.69) is 25.9 Å². The maximum atomic E-state index is 12.3. The normalized spacial score (nSPS) is 10.8. The summed E-state index contributed by atoms with van der Waals surface area (Å²) in [5, 5.41) is 10.4. The fraction of sp³-hybridized carbons (Fsp3) is 0.0500. The third-order valence-corrected chi connectivity index (χ3v) is 4.02. The Kier molecular flexibility index (Phi) is 5.43. The van der Waals surface area contributed by atoms with Crippen LogP contribution < -0.4 is 4.74 Å². The van der Waals surface area contributed by atoms with E-state index in [-0.39, 0.29) is 11.5 Å². The highest BCUT2D eigenvalue weighted by Crippen LogP contribution is 2.33. The zero-order valence-corrected chi connectivity index (χ0v) is 15.5. The van der Waals surface area contributed by atoms with Gasteiger partial charge in [-0.1, -0.05) is 33.6 Å². The molecule has 0 radical (unpaired) electrons. The summed E-state index contributed by atoms with van der Waals surface area (Å²) < 4.78 is 6.00. The predicted molar refractivity (Wildman–Crippen MR) is 103 cm³/mol. The minimum Gasteiger partial charge on any atom is -0.504 e. The third-order valence-electron chi connectivity index (χ3n) is 3.56. The van der Waals surface area contributed by atoms with Crippen LogP contribution in [0.2, 0.25) is 0 Å². The van der Waals surface area contributed by atoms with Crippen LogP contribution in [0.3, 0.4) is 0 Å². The van der Waals surface area contributed by atoms with Gasteiger partial charge in [0.15, 0.2) is 11.5 Å². The van der Waals surface area contributed by atoms with E-state index >= 15 is 0 Å². The number of pyridine rings is 1. The smallest absolute Gasteiger partial charge is 0.343 e. The van der Waals surface area contributed by atoms with Crippen LogP contribution in [-0.2, 0) is 0 Å². The molecule has 0 atom stereocenters. The number of aromatic nitrogens is 1. The summed E-state index contributed by atoms with van der Waals surface area (Å²) in [6.45, 7) is 1.93. The van der Waals surface area contributed by atoms with Gasteiger partial charge in [0, 0.05) is 22.4 Å². The van der Waals surface area contributed by atoms with Crippen molar-refractivity contribution in [2.75, 3.05) is 0 Å². The SMILES string of the molecule is Cc1ccc(C(=O)Oc2cc(Br)cc(C=Nc3cccnc3)c2O)cc1. The van der Waals surface area contributed by atoms with E-state index in [1.807, 2.05) is 19.1 Å². The molecule has 26 heavy (non-hydrogen) atoms. The van der Waals surface area contributed by atoms with Crippen molar-refractivity contribution in [2.24, 2.45) is 4.99 Å². The molecule has 0 saturated heterocycles. The lowest BCUT2D eigenvalue weighted by atomic mass is 10.1. The Hall–Kier alpha value is -2.99. The number of carbonyl (C=O) groups excluding carboxylic acids is 1. The molecule has 0 aliphatic rings.